The summed E-state index contributed by atoms with van der Waals surface area (Å²) in [6, 6.07) is 7.56. The number of amides is 1. The molecular formula is C20H18N6O2S. The number of thiophene rings is 1. The molecule has 1 aliphatic rings. The van der Waals surface area contributed by atoms with Gasteiger partial charge in [-0.1, -0.05) is 6.07 Å². The van der Waals surface area contributed by atoms with Gasteiger partial charge in [0.2, 0.25) is 0 Å². The van der Waals surface area contributed by atoms with Gasteiger partial charge in [-0.25, -0.2) is 15.0 Å². The third-order valence-corrected chi connectivity index (χ3v) is 5.75. The molecule has 0 bridgehead atoms. The van der Waals surface area contributed by atoms with Crippen molar-refractivity contribution in [1.82, 2.24) is 19.4 Å². The molecule has 4 aromatic rings. The van der Waals surface area contributed by atoms with Gasteiger partial charge in [0.05, 0.1) is 42.7 Å². The summed E-state index contributed by atoms with van der Waals surface area (Å²) in [4.78, 5) is 26.9. The van der Waals surface area contributed by atoms with Gasteiger partial charge < -0.3 is 15.8 Å². The Labute approximate surface area is 170 Å². The summed E-state index contributed by atoms with van der Waals surface area (Å²) in [6.45, 7) is 1.78. The van der Waals surface area contributed by atoms with E-state index >= 15 is 0 Å². The second kappa shape index (κ2) is 7.26. The monoisotopic (exact) mass is 406 g/mol. The SMILES string of the molecule is NC(=O)c1cccn2c(-c3nc4c(c(NCc5cccs5)n3)CCOC4)ncc12. The molecule has 4 aromatic heterocycles. The molecule has 0 radical (unpaired) electrons. The second-order valence-electron chi connectivity index (χ2n) is 6.68. The highest BCUT2D eigenvalue weighted by Crippen LogP contribution is 2.27. The van der Waals surface area contributed by atoms with Gasteiger partial charge in [-0.05, 0) is 23.6 Å². The zero-order valence-electron chi connectivity index (χ0n) is 15.5. The van der Waals surface area contributed by atoms with Crippen LogP contribution in [0.25, 0.3) is 17.2 Å². The van der Waals surface area contributed by atoms with E-state index < -0.39 is 5.91 Å². The van der Waals surface area contributed by atoms with Crippen LogP contribution in [0.15, 0.2) is 42.0 Å². The Morgan fingerprint density at radius 3 is 3.07 bits per heavy atom. The fourth-order valence-electron chi connectivity index (χ4n) is 3.48. The number of hydrogen-bond donors (Lipinski definition) is 2. The Hall–Kier alpha value is -3.30. The highest BCUT2D eigenvalue weighted by atomic mass is 32.1. The number of nitrogens with one attached hydrogen (secondary N) is 1. The van der Waals surface area contributed by atoms with Crippen molar-refractivity contribution in [3.63, 3.8) is 0 Å². The first-order valence-corrected chi connectivity index (χ1v) is 10.1. The Morgan fingerprint density at radius 1 is 1.31 bits per heavy atom. The van der Waals surface area contributed by atoms with Crippen molar-refractivity contribution in [3.05, 3.63) is 63.7 Å². The normalized spacial score (nSPS) is 13.4. The van der Waals surface area contributed by atoms with E-state index in [9.17, 15) is 4.79 Å². The minimum atomic E-state index is -0.500. The third-order valence-electron chi connectivity index (χ3n) is 4.87. The predicted molar refractivity (Wildman–Crippen MR) is 110 cm³/mol. The molecule has 0 fully saturated rings. The van der Waals surface area contributed by atoms with E-state index in [0.29, 0.717) is 42.5 Å². The van der Waals surface area contributed by atoms with Crippen molar-refractivity contribution in [3.8, 4) is 11.6 Å². The molecule has 0 saturated heterocycles. The molecule has 1 aliphatic heterocycles. The van der Waals surface area contributed by atoms with Crippen LogP contribution in [-0.4, -0.2) is 31.9 Å². The zero-order chi connectivity index (χ0) is 19.8. The van der Waals surface area contributed by atoms with Crippen molar-refractivity contribution in [2.24, 2.45) is 5.73 Å². The molecule has 0 atom stereocenters. The fraction of sp³-hybridized carbons (Fsp3) is 0.200. The van der Waals surface area contributed by atoms with Crippen LogP contribution in [0.1, 0.15) is 26.5 Å². The van der Waals surface area contributed by atoms with Crippen LogP contribution in [0.4, 0.5) is 5.82 Å². The largest absolute Gasteiger partial charge is 0.375 e. The molecule has 0 aliphatic carbocycles. The van der Waals surface area contributed by atoms with Gasteiger partial charge in [-0.2, -0.15) is 0 Å². The van der Waals surface area contributed by atoms with Crippen LogP contribution in [0, 0.1) is 0 Å². The molecule has 9 heteroatoms. The number of ether oxygens (including phenoxy) is 1. The van der Waals surface area contributed by atoms with E-state index in [1.165, 1.54) is 4.88 Å². The van der Waals surface area contributed by atoms with E-state index in [0.717, 1.165) is 23.5 Å². The first kappa shape index (κ1) is 17.8. The summed E-state index contributed by atoms with van der Waals surface area (Å²) < 4.78 is 7.39. The second-order valence-corrected chi connectivity index (χ2v) is 7.71. The average Bonchev–Trinajstić information content (AvgIpc) is 3.41. The minimum Gasteiger partial charge on any atom is -0.375 e. The summed E-state index contributed by atoms with van der Waals surface area (Å²) in [5, 5.41) is 5.50. The van der Waals surface area contributed by atoms with Crippen LogP contribution < -0.4 is 11.1 Å². The lowest BCUT2D eigenvalue weighted by molar-refractivity contribution is 0.100. The number of aromatic nitrogens is 4. The van der Waals surface area contributed by atoms with Gasteiger partial charge in [0.25, 0.3) is 5.91 Å². The van der Waals surface area contributed by atoms with Crippen LogP contribution >= 0.6 is 11.3 Å². The number of rotatable bonds is 5. The number of imidazole rings is 1. The smallest absolute Gasteiger partial charge is 0.250 e. The van der Waals surface area contributed by atoms with E-state index in [2.05, 4.69) is 21.7 Å². The number of hydrogen-bond acceptors (Lipinski definition) is 7. The zero-order valence-corrected chi connectivity index (χ0v) is 16.3. The van der Waals surface area contributed by atoms with Gasteiger partial charge in [-0.15, -0.1) is 11.3 Å². The molecule has 146 valence electrons. The van der Waals surface area contributed by atoms with Crippen molar-refractivity contribution in [1.29, 1.82) is 0 Å². The fourth-order valence-corrected chi connectivity index (χ4v) is 4.13. The van der Waals surface area contributed by atoms with Crippen molar-refractivity contribution < 1.29 is 9.53 Å². The quantitative estimate of drug-likeness (QED) is 0.528. The number of nitrogens with two attached hydrogens (primary N) is 1. The molecule has 5 heterocycles. The van der Waals surface area contributed by atoms with Crippen LogP contribution in [0.3, 0.4) is 0 Å². The van der Waals surface area contributed by atoms with Crippen molar-refractivity contribution >= 4 is 28.6 Å². The van der Waals surface area contributed by atoms with Crippen molar-refractivity contribution in [2.75, 3.05) is 11.9 Å². The Kier molecular flexibility index (Phi) is 4.45. The average molecular weight is 406 g/mol. The molecule has 5 rings (SSSR count). The Balaban J connectivity index is 1.60. The van der Waals surface area contributed by atoms with Crippen molar-refractivity contribution in [2.45, 2.75) is 19.6 Å². The molecule has 1 amide bonds. The number of primary amides is 1. The van der Waals surface area contributed by atoms with E-state index in [-0.39, 0.29) is 0 Å². The van der Waals surface area contributed by atoms with Crippen LogP contribution in [-0.2, 0) is 24.3 Å². The van der Waals surface area contributed by atoms with Gasteiger partial charge in [0, 0.05) is 23.1 Å². The Bertz CT molecular complexity index is 1200. The number of anilines is 1. The van der Waals surface area contributed by atoms with Gasteiger partial charge in [-0.3, -0.25) is 9.20 Å². The summed E-state index contributed by atoms with van der Waals surface area (Å²) in [5.74, 6) is 1.32. The van der Waals surface area contributed by atoms with Gasteiger partial charge in [0.15, 0.2) is 11.6 Å². The standard InChI is InChI=1S/C20H18N6O2S/c21-17(27)14-4-1-6-26-16(14)10-23-20(26)19-24-15-11-28-7-5-13(15)18(25-19)22-9-12-3-2-8-29-12/h1-4,6,8,10H,5,7,9,11H2,(H2,21,27)(H,22,24,25). The van der Waals surface area contributed by atoms with E-state index in [1.54, 1.807) is 34.1 Å². The van der Waals surface area contributed by atoms with Gasteiger partial charge in [0.1, 0.15) is 5.82 Å². The molecule has 0 unspecified atom stereocenters. The Morgan fingerprint density at radius 2 is 2.24 bits per heavy atom. The molecule has 3 N–H and O–H groups in total. The maximum atomic E-state index is 11.7. The maximum Gasteiger partial charge on any atom is 0.250 e. The molecule has 0 spiro atoms. The van der Waals surface area contributed by atoms with Gasteiger partial charge >= 0.3 is 0 Å². The first-order chi connectivity index (χ1) is 14.2. The van der Waals surface area contributed by atoms with E-state index in [1.807, 2.05) is 12.3 Å². The maximum absolute atomic E-state index is 11.7. The molecule has 0 aromatic carbocycles. The molecule has 29 heavy (non-hydrogen) atoms. The first-order valence-electron chi connectivity index (χ1n) is 9.21. The number of carbonyl (C=O) groups excluding carboxylic acids is 1. The number of pyridine rings is 1. The van der Waals surface area contributed by atoms with Crippen LogP contribution in [0.2, 0.25) is 0 Å². The lowest BCUT2D eigenvalue weighted by Crippen LogP contribution is -2.17. The molecule has 8 nitrogen and oxygen atoms in total. The topological polar surface area (TPSA) is 107 Å². The number of nitrogens with zero attached hydrogens (tertiary/aromatic N) is 4. The molecular weight excluding hydrogens is 388 g/mol. The lowest BCUT2D eigenvalue weighted by atomic mass is 10.1. The summed E-state index contributed by atoms with van der Waals surface area (Å²) in [5.41, 5.74) is 8.46. The minimum absolute atomic E-state index is 0.406. The summed E-state index contributed by atoms with van der Waals surface area (Å²) in [7, 11) is 0. The lowest BCUT2D eigenvalue weighted by Gasteiger charge is -2.20. The predicted octanol–water partition coefficient (Wildman–Crippen LogP) is 2.64. The third kappa shape index (κ3) is 3.24. The number of fused-ring (bicyclic) bond motifs is 2. The summed E-state index contributed by atoms with van der Waals surface area (Å²) in [6.07, 6.45) is 4.20. The van der Waals surface area contributed by atoms with E-state index in [4.69, 9.17) is 20.4 Å². The number of carbonyl (C=O) groups is 1. The highest BCUT2D eigenvalue weighted by molar-refractivity contribution is 7.09. The van der Waals surface area contributed by atoms with Crippen LogP contribution in [0.5, 0.6) is 0 Å². The summed E-state index contributed by atoms with van der Waals surface area (Å²) >= 11 is 1.70. The highest BCUT2D eigenvalue weighted by Gasteiger charge is 2.21. The molecule has 0 saturated carbocycles.